The molecule has 0 bridgehead atoms. The molecule has 19 heteroatoms. The number of benzene rings is 1. The van der Waals surface area contributed by atoms with Crippen molar-refractivity contribution in [3.8, 4) is 5.75 Å². The number of esters is 1. The van der Waals surface area contributed by atoms with Gasteiger partial charge in [-0.25, -0.2) is 9.59 Å². The lowest BCUT2D eigenvalue weighted by Gasteiger charge is -2.41. The molecule has 0 saturated carbocycles. The highest BCUT2D eigenvalue weighted by Crippen LogP contribution is 3.02. The number of rotatable bonds is 9. The number of ether oxygens (including phenoxy) is 4. The Morgan fingerprint density at radius 3 is 2.21 bits per heavy atom. The van der Waals surface area contributed by atoms with Crippen molar-refractivity contribution in [2.75, 3.05) is 6.61 Å². The van der Waals surface area contributed by atoms with Crippen LogP contribution in [0.1, 0.15) is 31.9 Å². The maximum absolute atomic E-state index is 13.7. The van der Waals surface area contributed by atoms with Crippen molar-refractivity contribution in [3.63, 3.8) is 0 Å². The molecule has 38 heavy (non-hydrogen) atoms. The van der Waals surface area contributed by atoms with Gasteiger partial charge in [-0.3, -0.25) is 0 Å². The Labute approximate surface area is 208 Å². The Balaban J connectivity index is 2.35. The van der Waals surface area contributed by atoms with E-state index in [1.165, 1.54) is 6.92 Å². The summed E-state index contributed by atoms with van der Waals surface area (Å²) < 4.78 is 126. The number of halogens is 8. The fraction of sp³-hybridized carbons (Fsp3) is 0.474. The molecule has 1 aliphatic rings. The summed E-state index contributed by atoms with van der Waals surface area (Å²) in [4.78, 5) is 35.8. The van der Waals surface area contributed by atoms with Crippen LogP contribution in [0.5, 0.6) is 5.75 Å². The van der Waals surface area contributed by atoms with Gasteiger partial charge in [-0.2, -0.15) is 13.2 Å². The van der Waals surface area contributed by atoms with E-state index in [9.17, 15) is 52.3 Å². The van der Waals surface area contributed by atoms with Gasteiger partial charge in [0.25, 0.3) is 5.09 Å². The maximum Gasteiger partial charge on any atom is 0.511 e. The fourth-order valence-electron chi connectivity index (χ4n) is 3.02. The molecule has 0 amide bonds. The molecule has 0 aliphatic carbocycles. The molecule has 10 nitrogen and oxygen atoms in total. The minimum absolute atomic E-state index is 0.0236. The van der Waals surface area contributed by atoms with Gasteiger partial charge < -0.3 is 23.8 Å². The van der Waals surface area contributed by atoms with Crippen LogP contribution in [0.2, 0.25) is 0 Å². The van der Waals surface area contributed by atoms with Gasteiger partial charge >= 0.3 is 28.5 Å². The normalized spacial score (nSPS) is 18.8. The SMILES string of the molecule is CCc1cc(S(F)(F)(F)(F)F)cc2c1OC(C(F)(F)F)C(C(=O)OC(C)OC(=O)OC(C)CO[N+](=O)[O-])=C2. The van der Waals surface area contributed by atoms with Crippen LogP contribution < -0.4 is 4.74 Å². The molecule has 0 radical (unpaired) electrons. The molecule has 0 N–H and O–H groups in total. The van der Waals surface area contributed by atoms with Crippen molar-refractivity contribution < 1.29 is 71.1 Å². The molecule has 1 aromatic carbocycles. The van der Waals surface area contributed by atoms with Gasteiger partial charge in [0.05, 0.1) is 5.57 Å². The number of fused-ring (bicyclic) bond motifs is 1. The van der Waals surface area contributed by atoms with E-state index in [1.807, 2.05) is 0 Å². The minimum atomic E-state index is -10.3. The van der Waals surface area contributed by atoms with Crippen molar-refractivity contribution in [1.29, 1.82) is 0 Å². The van der Waals surface area contributed by atoms with Gasteiger partial charge in [-0.1, -0.05) is 26.4 Å². The lowest BCUT2D eigenvalue weighted by atomic mass is 9.98. The quantitative estimate of drug-likeness (QED) is 0.108. The Bertz CT molecular complexity index is 1150. The summed E-state index contributed by atoms with van der Waals surface area (Å²) in [5.41, 5.74) is -2.95. The molecule has 0 spiro atoms. The van der Waals surface area contributed by atoms with E-state index in [1.54, 1.807) is 0 Å². The number of carbonyl (C=O) groups excluding carboxylic acids is 2. The zero-order valence-corrected chi connectivity index (χ0v) is 20.2. The van der Waals surface area contributed by atoms with Crippen LogP contribution >= 0.6 is 10.2 Å². The molecule has 1 aliphatic heterocycles. The summed E-state index contributed by atoms with van der Waals surface area (Å²) in [6, 6.07) is -0.175. The summed E-state index contributed by atoms with van der Waals surface area (Å²) in [6.07, 6.45) is -13.3. The fourth-order valence-corrected chi connectivity index (χ4v) is 3.74. The van der Waals surface area contributed by atoms with Crippen LogP contribution in [0.25, 0.3) is 6.08 Å². The predicted octanol–water partition coefficient (Wildman–Crippen LogP) is 6.25. The van der Waals surface area contributed by atoms with Crippen molar-refractivity contribution >= 4 is 28.4 Å². The molecule has 0 fully saturated rings. The maximum atomic E-state index is 13.7. The topological polar surface area (TPSA) is 123 Å². The summed E-state index contributed by atoms with van der Waals surface area (Å²) in [5, 5.41) is 8.93. The zero-order valence-electron chi connectivity index (χ0n) is 19.4. The van der Waals surface area contributed by atoms with Crippen LogP contribution in [-0.4, -0.2) is 48.5 Å². The van der Waals surface area contributed by atoms with E-state index in [0.717, 1.165) is 13.8 Å². The average molecular weight is 589 g/mol. The molecule has 3 unspecified atom stereocenters. The van der Waals surface area contributed by atoms with E-state index in [0.29, 0.717) is 0 Å². The summed E-state index contributed by atoms with van der Waals surface area (Å²) >= 11 is 0. The molecule has 1 aromatic rings. The number of aryl methyl sites for hydroxylation is 1. The van der Waals surface area contributed by atoms with E-state index < -0.39 is 92.5 Å². The number of hydrogen-bond donors (Lipinski definition) is 0. The Morgan fingerprint density at radius 1 is 1.11 bits per heavy atom. The van der Waals surface area contributed by atoms with Crippen molar-refractivity contribution in [3.05, 3.63) is 38.9 Å². The third-order valence-electron chi connectivity index (χ3n) is 4.60. The predicted molar refractivity (Wildman–Crippen MR) is 111 cm³/mol. The standard InChI is InChI=1S/C19H19F8NO9S/c1-4-11-5-13(38(23,24,25,26)27)6-12-7-14(16(19(20,21)22)37-15(11)12)17(29)35-10(3)36-18(30)34-9(2)8-33-28(31)32/h5-7,9-10,16H,4,8H2,1-3H3. The Hall–Kier alpha value is -3.51. The van der Waals surface area contributed by atoms with Gasteiger partial charge in [0.15, 0.2) is 0 Å². The molecule has 3 atom stereocenters. The zero-order chi connectivity index (χ0) is 29.3. The summed E-state index contributed by atoms with van der Waals surface area (Å²) in [5.74, 6) is -2.67. The summed E-state index contributed by atoms with van der Waals surface area (Å²) in [7, 11) is -10.3. The second-order valence-corrected chi connectivity index (χ2v) is 10.2. The monoisotopic (exact) mass is 589 g/mol. The number of carbonyl (C=O) groups is 2. The van der Waals surface area contributed by atoms with Gasteiger partial charge in [0.2, 0.25) is 12.4 Å². The Kier molecular flexibility index (Phi) is 7.81. The molecule has 0 aromatic heterocycles. The largest absolute Gasteiger partial charge is 0.511 e. The first-order valence-corrected chi connectivity index (χ1v) is 12.2. The lowest BCUT2D eigenvalue weighted by Crippen LogP contribution is -2.41. The molecular weight excluding hydrogens is 570 g/mol. The highest BCUT2D eigenvalue weighted by molar-refractivity contribution is 8.45. The van der Waals surface area contributed by atoms with Crippen molar-refractivity contribution in [2.24, 2.45) is 0 Å². The first kappa shape index (κ1) is 30.7. The highest BCUT2D eigenvalue weighted by atomic mass is 32.5. The van der Waals surface area contributed by atoms with E-state index in [4.69, 9.17) is 4.74 Å². The lowest BCUT2D eigenvalue weighted by molar-refractivity contribution is -0.759. The first-order chi connectivity index (χ1) is 17.0. The molecule has 2 rings (SSSR count). The van der Waals surface area contributed by atoms with Gasteiger partial charge in [0.1, 0.15) is 23.4 Å². The summed E-state index contributed by atoms with van der Waals surface area (Å²) in [6.45, 7) is 2.46. The highest BCUT2D eigenvalue weighted by Gasteiger charge is 2.66. The number of alkyl halides is 3. The van der Waals surface area contributed by atoms with Gasteiger partial charge in [0, 0.05) is 12.5 Å². The van der Waals surface area contributed by atoms with Crippen LogP contribution in [-0.2, 0) is 30.3 Å². The van der Waals surface area contributed by atoms with Crippen LogP contribution in [0.3, 0.4) is 0 Å². The minimum Gasteiger partial charge on any atom is -0.475 e. The molecule has 1 heterocycles. The second-order valence-electron chi connectivity index (χ2n) is 7.75. The Morgan fingerprint density at radius 2 is 1.71 bits per heavy atom. The van der Waals surface area contributed by atoms with Crippen LogP contribution in [0, 0.1) is 10.1 Å². The molecular formula is C19H19F8NO9S. The second kappa shape index (κ2) is 9.66. The number of hydrogen-bond acceptors (Lipinski definition) is 9. The molecule has 216 valence electrons. The van der Waals surface area contributed by atoms with Crippen molar-refractivity contribution in [2.45, 2.75) is 56.8 Å². The number of nitrogens with zero attached hydrogens (tertiary/aromatic N) is 1. The van der Waals surface area contributed by atoms with Crippen LogP contribution in [0.15, 0.2) is 22.6 Å². The first-order valence-electron chi connectivity index (χ1n) is 10.2. The van der Waals surface area contributed by atoms with E-state index in [-0.39, 0.29) is 18.2 Å². The van der Waals surface area contributed by atoms with E-state index >= 15 is 0 Å². The van der Waals surface area contributed by atoms with E-state index in [2.05, 4.69) is 19.0 Å². The van der Waals surface area contributed by atoms with Gasteiger partial charge in [-0.05, 0) is 37.1 Å². The van der Waals surface area contributed by atoms with Gasteiger partial charge in [-0.15, -0.1) is 10.1 Å². The average Bonchev–Trinajstić information content (AvgIpc) is 2.73. The molecule has 0 saturated heterocycles. The van der Waals surface area contributed by atoms with Crippen molar-refractivity contribution in [1.82, 2.24) is 0 Å². The third kappa shape index (κ3) is 7.99. The van der Waals surface area contributed by atoms with Crippen LogP contribution in [0.4, 0.5) is 37.4 Å². The smallest absolute Gasteiger partial charge is 0.475 e. The third-order valence-corrected chi connectivity index (χ3v) is 5.73.